The molecule has 4 nitrogen and oxygen atoms in total. The zero-order chi connectivity index (χ0) is 32.8. The number of para-hydroxylation sites is 1. The van der Waals surface area contributed by atoms with E-state index in [0.29, 0.717) is 17.5 Å². The lowest BCUT2D eigenvalue weighted by atomic mass is 9.86. The molecule has 8 rings (SSSR count). The van der Waals surface area contributed by atoms with Crippen molar-refractivity contribution in [1.82, 2.24) is 19.5 Å². The molecule has 0 N–H and O–H groups in total. The lowest BCUT2D eigenvalue weighted by Crippen LogP contribution is -2.10. The molecule has 0 saturated carbocycles. The van der Waals surface area contributed by atoms with E-state index in [1.807, 2.05) is 72.8 Å². The number of hydrogen-bond donors (Lipinski definition) is 0. The minimum absolute atomic E-state index is 0.00432. The average Bonchev–Trinajstić information content (AvgIpc) is 3.45. The van der Waals surface area contributed by atoms with Crippen molar-refractivity contribution < 1.29 is 4.39 Å². The highest BCUT2D eigenvalue weighted by Gasteiger charge is 2.21. The van der Waals surface area contributed by atoms with Crippen molar-refractivity contribution >= 4 is 21.8 Å². The van der Waals surface area contributed by atoms with Gasteiger partial charge in [0.15, 0.2) is 17.5 Å². The largest absolute Gasteiger partial charge is 0.309 e. The molecule has 0 spiro atoms. The number of halogens is 1. The topological polar surface area (TPSA) is 43.6 Å². The molecule has 48 heavy (non-hydrogen) atoms. The van der Waals surface area contributed by atoms with Gasteiger partial charge in [0.05, 0.1) is 16.7 Å². The smallest absolute Gasteiger partial charge is 0.164 e. The Morgan fingerprint density at radius 2 is 1.06 bits per heavy atom. The summed E-state index contributed by atoms with van der Waals surface area (Å²) in [5, 5.41) is 2.33. The molecule has 0 amide bonds. The third-order valence-electron chi connectivity index (χ3n) is 8.87. The summed E-state index contributed by atoms with van der Waals surface area (Å²) in [6, 6.07) is 48.2. The van der Waals surface area contributed by atoms with Gasteiger partial charge in [-0.2, -0.15) is 0 Å². The van der Waals surface area contributed by atoms with Crippen LogP contribution in [0.2, 0.25) is 0 Å². The van der Waals surface area contributed by atoms with Gasteiger partial charge in [-0.15, -0.1) is 0 Å². The molecule has 0 unspecified atom stereocenters. The molecule has 0 saturated heterocycles. The lowest BCUT2D eigenvalue weighted by molar-refractivity contribution is 0.591. The third kappa shape index (κ3) is 5.33. The van der Waals surface area contributed by atoms with Gasteiger partial charge in [0.2, 0.25) is 0 Å². The first-order valence-electron chi connectivity index (χ1n) is 16.1. The van der Waals surface area contributed by atoms with Crippen LogP contribution in [0.25, 0.3) is 72.8 Å². The molecule has 6 aromatic carbocycles. The second-order valence-corrected chi connectivity index (χ2v) is 13.1. The van der Waals surface area contributed by atoms with Crippen molar-refractivity contribution in [3.8, 4) is 51.0 Å². The van der Waals surface area contributed by atoms with Crippen molar-refractivity contribution in [3.63, 3.8) is 0 Å². The highest BCUT2D eigenvalue weighted by atomic mass is 19.1. The van der Waals surface area contributed by atoms with Crippen molar-refractivity contribution in [2.24, 2.45) is 0 Å². The van der Waals surface area contributed by atoms with Gasteiger partial charge in [0.1, 0.15) is 5.82 Å². The molecule has 2 aromatic heterocycles. The van der Waals surface area contributed by atoms with Crippen LogP contribution in [0.3, 0.4) is 0 Å². The quantitative estimate of drug-likeness (QED) is 0.191. The molecule has 0 aliphatic rings. The van der Waals surface area contributed by atoms with Gasteiger partial charge in [-0.25, -0.2) is 19.3 Å². The van der Waals surface area contributed by atoms with Gasteiger partial charge in [0.25, 0.3) is 0 Å². The van der Waals surface area contributed by atoms with E-state index in [4.69, 9.17) is 15.0 Å². The van der Waals surface area contributed by atoms with Crippen LogP contribution in [0.4, 0.5) is 4.39 Å². The molecular weight excluding hydrogens is 591 g/mol. The van der Waals surface area contributed by atoms with Gasteiger partial charge in [-0.05, 0) is 52.9 Å². The van der Waals surface area contributed by atoms with E-state index in [-0.39, 0.29) is 11.2 Å². The lowest BCUT2D eigenvalue weighted by Gasteiger charge is -2.19. The fraction of sp³-hybridized carbons (Fsp3) is 0.0930. The fourth-order valence-corrected chi connectivity index (χ4v) is 6.39. The number of benzene rings is 6. The molecule has 0 aliphatic carbocycles. The summed E-state index contributed by atoms with van der Waals surface area (Å²) in [6.45, 7) is 6.71. The van der Waals surface area contributed by atoms with E-state index in [2.05, 4.69) is 79.9 Å². The molecule has 5 heteroatoms. The molecular formula is C43H33FN4. The van der Waals surface area contributed by atoms with Crippen LogP contribution in [-0.2, 0) is 5.41 Å². The summed E-state index contributed by atoms with van der Waals surface area (Å²) in [5.41, 5.74) is 8.66. The number of aromatic nitrogens is 4. The van der Waals surface area contributed by atoms with Gasteiger partial charge in [-0.1, -0.05) is 130 Å². The Labute approximate surface area is 279 Å². The molecule has 0 fully saturated rings. The normalized spacial score (nSPS) is 11.8. The first-order chi connectivity index (χ1) is 23.3. The number of fused-ring (bicyclic) bond motifs is 3. The standard InChI is InChI=1S/C43H33FN4/c1-43(2,3)32-22-24-38-36(27-32)35-19-10-11-20-37(35)48(38)39-26-31(21-23-34(39)30-17-12-18-33(44)25-30)42-46-40(28-13-6-4-7-14-28)45-41(47-42)29-15-8-5-9-16-29/h4-27H,1-3H3. The molecule has 232 valence electrons. The number of rotatable bonds is 5. The monoisotopic (exact) mass is 624 g/mol. The van der Waals surface area contributed by atoms with E-state index >= 15 is 0 Å². The van der Waals surface area contributed by atoms with Crippen LogP contribution in [0.5, 0.6) is 0 Å². The van der Waals surface area contributed by atoms with E-state index < -0.39 is 0 Å². The van der Waals surface area contributed by atoms with E-state index in [1.54, 1.807) is 12.1 Å². The summed E-state index contributed by atoms with van der Waals surface area (Å²) >= 11 is 0. The molecule has 8 aromatic rings. The van der Waals surface area contributed by atoms with Crippen LogP contribution in [0.15, 0.2) is 146 Å². The number of nitrogens with zero attached hydrogens (tertiary/aromatic N) is 4. The van der Waals surface area contributed by atoms with Gasteiger partial charge in [-0.3, -0.25) is 0 Å². The zero-order valence-corrected chi connectivity index (χ0v) is 27.0. The summed E-state index contributed by atoms with van der Waals surface area (Å²) in [6.07, 6.45) is 0. The van der Waals surface area contributed by atoms with E-state index in [0.717, 1.165) is 49.9 Å². The maximum atomic E-state index is 14.7. The van der Waals surface area contributed by atoms with E-state index in [9.17, 15) is 4.39 Å². The van der Waals surface area contributed by atoms with Crippen molar-refractivity contribution in [2.45, 2.75) is 26.2 Å². The summed E-state index contributed by atoms with van der Waals surface area (Å²) < 4.78 is 17.0. The fourth-order valence-electron chi connectivity index (χ4n) is 6.39. The number of hydrogen-bond acceptors (Lipinski definition) is 3. The predicted octanol–water partition coefficient (Wildman–Crippen LogP) is 11.1. The maximum Gasteiger partial charge on any atom is 0.164 e. The maximum absolute atomic E-state index is 14.7. The average molecular weight is 625 g/mol. The third-order valence-corrected chi connectivity index (χ3v) is 8.87. The highest BCUT2D eigenvalue weighted by Crippen LogP contribution is 2.39. The Bertz CT molecular complexity index is 2380. The van der Waals surface area contributed by atoms with Crippen LogP contribution >= 0.6 is 0 Å². The summed E-state index contributed by atoms with van der Waals surface area (Å²) in [7, 11) is 0. The van der Waals surface area contributed by atoms with Crippen molar-refractivity contribution in [1.29, 1.82) is 0 Å². The molecule has 0 atom stereocenters. The Morgan fingerprint density at radius 3 is 1.71 bits per heavy atom. The Kier molecular flexibility index (Phi) is 7.18. The van der Waals surface area contributed by atoms with E-state index in [1.165, 1.54) is 17.0 Å². The second kappa shape index (κ2) is 11.7. The predicted molar refractivity (Wildman–Crippen MR) is 195 cm³/mol. The summed E-state index contributed by atoms with van der Waals surface area (Å²) in [4.78, 5) is 14.9. The Balaban J connectivity index is 1.42. The van der Waals surface area contributed by atoms with Crippen LogP contribution in [0.1, 0.15) is 26.3 Å². The minimum Gasteiger partial charge on any atom is -0.309 e. The van der Waals surface area contributed by atoms with Crippen LogP contribution < -0.4 is 0 Å². The van der Waals surface area contributed by atoms with Gasteiger partial charge < -0.3 is 4.57 Å². The minimum atomic E-state index is -0.281. The Morgan fingerprint density at radius 1 is 0.479 bits per heavy atom. The first-order valence-corrected chi connectivity index (χ1v) is 16.1. The SMILES string of the molecule is CC(C)(C)c1ccc2c(c1)c1ccccc1n2-c1cc(-c2nc(-c3ccccc3)nc(-c3ccccc3)n2)ccc1-c1cccc(F)c1. The molecule has 0 bridgehead atoms. The Hall–Kier alpha value is -5.94. The second-order valence-electron chi connectivity index (χ2n) is 13.1. The zero-order valence-electron chi connectivity index (χ0n) is 27.0. The van der Waals surface area contributed by atoms with Crippen molar-refractivity contribution in [2.75, 3.05) is 0 Å². The van der Waals surface area contributed by atoms with Gasteiger partial charge in [0, 0.05) is 33.0 Å². The van der Waals surface area contributed by atoms with Crippen LogP contribution in [-0.4, -0.2) is 19.5 Å². The van der Waals surface area contributed by atoms with Crippen LogP contribution in [0, 0.1) is 5.82 Å². The van der Waals surface area contributed by atoms with Gasteiger partial charge >= 0.3 is 0 Å². The molecule has 2 heterocycles. The van der Waals surface area contributed by atoms with Crippen molar-refractivity contribution in [3.05, 3.63) is 157 Å². The highest BCUT2D eigenvalue weighted by molar-refractivity contribution is 6.10. The molecule has 0 radical (unpaired) electrons. The summed E-state index contributed by atoms with van der Waals surface area (Å²) in [5.74, 6) is 1.48. The first kappa shape index (κ1) is 29.5. The molecule has 0 aliphatic heterocycles.